The van der Waals surface area contributed by atoms with Crippen LogP contribution in [0.25, 0.3) is 0 Å². The fourth-order valence-electron chi connectivity index (χ4n) is 3.22. The maximum absolute atomic E-state index is 3.60. The van der Waals surface area contributed by atoms with Crippen molar-refractivity contribution in [2.75, 3.05) is 26.2 Å². The van der Waals surface area contributed by atoms with Gasteiger partial charge in [0, 0.05) is 25.7 Å². The lowest BCUT2D eigenvalue weighted by atomic mass is 9.80. The van der Waals surface area contributed by atoms with Crippen molar-refractivity contribution in [2.24, 2.45) is 11.3 Å². The second-order valence-corrected chi connectivity index (χ2v) is 6.78. The van der Waals surface area contributed by atoms with Crippen molar-refractivity contribution < 1.29 is 0 Å². The van der Waals surface area contributed by atoms with Crippen LogP contribution in [0.1, 0.15) is 74.1 Å². The van der Waals surface area contributed by atoms with Gasteiger partial charge in [0.25, 0.3) is 0 Å². The molecule has 1 N–H and O–H groups in total. The first-order valence-corrected chi connectivity index (χ1v) is 8.93. The van der Waals surface area contributed by atoms with E-state index in [-0.39, 0.29) is 0 Å². The van der Waals surface area contributed by atoms with E-state index in [1.165, 1.54) is 38.8 Å². The minimum Gasteiger partial charge on any atom is -0.316 e. The summed E-state index contributed by atoms with van der Waals surface area (Å²) in [6.45, 7) is 21.0. The van der Waals surface area contributed by atoms with Gasteiger partial charge < -0.3 is 5.32 Å². The van der Waals surface area contributed by atoms with Crippen LogP contribution in [0.2, 0.25) is 0 Å². The molecule has 0 saturated heterocycles. The van der Waals surface area contributed by atoms with E-state index in [0.717, 1.165) is 25.0 Å². The van der Waals surface area contributed by atoms with E-state index in [1.54, 1.807) is 0 Å². The molecule has 0 fully saturated rings. The molecule has 0 aliphatic rings. The van der Waals surface area contributed by atoms with Crippen LogP contribution in [0.3, 0.4) is 0 Å². The van der Waals surface area contributed by atoms with Gasteiger partial charge >= 0.3 is 0 Å². The molecular formula is C18H40N2. The predicted molar refractivity (Wildman–Crippen MR) is 92.3 cm³/mol. The van der Waals surface area contributed by atoms with E-state index < -0.39 is 0 Å². The van der Waals surface area contributed by atoms with Crippen molar-refractivity contribution in [2.45, 2.75) is 80.2 Å². The van der Waals surface area contributed by atoms with Crippen LogP contribution in [-0.4, -0.2) is 37.1 Å². The molecule has 0 aliphatic carbocycles. The Balaban J connectivity index is 4.94. The summed E-state index contributed by atoms with van der Waals surface area (Å²) in [6.07, 6.45) is 5.08. The van der Waals surface area contributed by atoms with E-state index in [0.29, 0.717) is 5.41 Å². The van der Waals surface area contributed by atoms with Gasteiger partial charge in [0.2, 0.25) is 0 Å². The molecule has 2 heteroatoms. The van der Waals surface area contributed by atoms with Gasteiger partial charge in [-0.15, -0.1) is 0 Å². The number of hydrogen-bond acceptors (Lipinski definition) is 2. The number of rotatable bonds is 12. The highest BCUT2D eigenvalue weighted by molar-refractivity contribution is 4.85. The molecule has 0 amide bonds. The third-order valence-electron chi connectivity index (χ3n) is 4.85. The Morgan fingerprint density at radius 3 is 1.85 bits per heavy atom. The van der Waals surface area contributed by atoms with Crippen molar-refractivity contribution >= 4 is 0 Å². The van der Waals surface area contributed by atoms with E-state index in [4.69, 9.17) is 0 Å². The molecule has 0 rings (SSSR count). The highest BCUT2D eigenvalue weighted by Gasteiger charge is 2.30. The molecule has 0 heterocycles. The fraction of sp³-hybridized carbons (Fsp3) is 1.00. The van der Waals surface area contributed by atoms with Crippen LogP contribution in [0, 0.1) is 11.3 Å². The summed E-state index contributed by atoms with van der Waals surface area (Å²) in [5.41, 5.74) is 0.438. The molecule has 0 aromatic heterocycles. The third kappa shape index (κ3) is 6.58. The molecule has 0 radical (unpaired) electrons. The zero-order valence-corrected chi connectivity index (χ0v) is 15.3. The number of nitrogens with one attached hydrogen (secondary N) is 1. The minimum atomic E-state index is 0.438. The Labute approximate surface area is 128 Å². The van der Waals surface area contributed by atoms with Gasteiger partial charge in [-0.2, -0.15) is 0 Å². The Bertz CT molecular complexity index is 217. The summed E-state index contributed by atoms with van der Waals surface area (Å²) in [5, 5.41) is 3.60. The summed E-state index contributed by atoms with van der Waals surface area (Å²) in [5.74, 6) is 0.751. The van der Waals surface area contributed by atoms with E-state index >= 15 is 0 Å². The Kier molecular flexibility index (Phi) is 10.6. The summed E-state index contributed by atoms with van der Waals surface area (Å²) in [7, 11) is 0. The minimum absolute atomic E-state index is 0.438. The maximum Gasteiger partial charge on any atom is 0.00903 e. The highest BCUT2D eigenvalue weighted by Crippen LogP contribution is 2.29. The van der Waals surface area contributed by atoms with Crippen molar-refractivity contribution in [3.63, 3.8) is 0 Å². The Morgan fingerprint density at radius 1 is 0.950 bits per heavy atom. The normalized spacial score (nSPS) is 12.9. The third-order valence-corrected chi connectivity index (χ3v) is 4.85. The molecule has 0 bridgehead atoms. The van der Waals surface area contributed by atoms with Crippen LogP contribution in [0.5, 0.6) is 0 Å². The Morgan fingerprint density at radius 2 is 1.50 bits per heavy atom. The van der Waals surface area contributed by atoms with Crippen LogP contribution < -0.4 is 5.32 Å². The van der Waals surface area contributed by atoms with Crippen molar-refractivity contribution in [1.29, 1.82) is 0 Å². The second kappa shape index (κ2) is 10.6. The van der Waals surface area contributed by atoms with Gasteiger partial charge in [0.05, 0.1) is 0 Å². The summed E-state index contributed by atoms with van der Waals surface area (Å²) in [6, 6.07) is 0.747. The molecule has 0 atom stereocenters. The molecule has 0 aliphatic heterocycles. The monoisotopic (exact) mass is 284 g/mol. The van der Waals surface area contributed by atoms with Gasteiger partial charge in [-0.25, -0.2) is 0 Å². The van der Waals surface area contributed by atoms with Crippen molar-refractivity contribution in [1.82, 2.24) is 10.2 Å². The fourth-order valence-corrected chi connectivity index (χ4v) is 3.22. The number of nitrogens with zero attached hydrogens (tertiary/aromatic N) is 1. The molecule has 0 aromatic rings. The molecule has 0 unspecified atom stereocenters. The lowest BCUT2D eigenvalue weighted by Crippen LogP contribution is -2.48. The number of hydrogen-bond donors (Lipinski definition) is 1. The van der Waals surface area contributed by atoms with Crippen molar-refractivity contribution in [3.05, 3.63) is 0 Å². The van der Waals surface area contributed by atoms with Crippen LogP contribution in [0.4, 0.5) is 0 Å². The molecule has 2 nitrogen and oxygen atoms in total. The lowest BCUT2D eigenvalue weighted by Gasteiger charge is -2.41. The van der Waals surface area contributed by atoms with Crippen LogP contribution >= 0.6 is 0 Å². The smallest absolute Gasteiger partial charge is 0.00903 e. The first-order chi connectivity index (χ1) is 9.48. The van der Waals surface area contributed by atoms with E-state index in [9.17, 15) is 0 Å². The second-order valence-electron chi connectivity index (χ2n) is 6.78. The average molecular weight is 285 g/mol. The summed E-state index contributed by atoms with van der Waals surface area (Å²) >= 11 is 0. The van der Waals surface area contributed by atoms with Crippen molar-refractivity contribution in [3.8, 4) is 0 Å². The molecule has 122 valence electrons. The molecular weight excluding hydrogens is 244 g/mol. The SMILES string of the molecule is CCNCC(CC)(CC)CN(CC(C)C)C(CC)CC. The quantitative estimate of drug-likeness (QED) is 0.565. The van der Waals surface area contributed by atoms with Gasteiger partial charge in [0.15, 0.2) is 0 Å². The van der Waals surface area contributed by atoms with Gasteiger partial charge in [-0.1, -0.05) is 48.5 Å². The maximum atomic E-state index is 3.60. The van der Waals surface area contributed by atoms with Gasteiger partial charge in [0.1, 0.15) is 0 Å². The van der Waals surface area contributed by atoms with Crippen LogP contribution in [-0.2, 0) is 0 Å². The highest BCUT2D eigenvalue weighted by atomic mass is 15.2. The average Bonchev–Trinajstić information content (AvgIpc) is 2.44. The van der Waals surface area contributed by atoms with Gasteiger partial charge in [-0.3, -0.25) is 4.90 Å². The standard InChI is InChI=1S/C18H40N2/c1-8-17(9-2)20(13-16(6)7)15-18(10-3,11-4)14-19-12-5/h16-17,19H,8-15H2,1-7H3. The first-order valence-electron chi connectivity index (χ1n) is 8.93. The largest absolute Gasteiger partial charge is 0.316 e. The Hall–Kier alpha value is -0.0800. The molecule has 0 aromatic carbocycles. The summed E-state index contributed by atoms with van der Waals surface area (Å²) < 4.78 is 0. The molecule has 0 saturated carbocycles. The summed E-state index contributed by atoms with van der Waals surface area (Å²) in [4.78, 5) is 2.77. The lowest BCUT2D eigenvalue weighted by molar-refractivity contribution is 0.0830. The molecule has 0 spiro atoms. The zero-order valence-electron chi connectivity index (χ0n) is 15.3. The molecule has 20 heavy (non-hydrogen) atoms. The first kappa shape index (κ1) is 19.9. The topological polar surface area (TPSA) is 15.3 Å². The zero-order chi connectivity index (χ0) is 15.6. The van der Waals surface area contributed by atoms with E-state index in [2.05, 4.69) is 58.7 Å². The predicted octanol–water partition coefficient (Wildman–Crippen LogP) is 4.55. The van der Waals surface area contributed by atoms with Crippen LogP contribution in [0.15, 0.2) is 0 Å². The van der Waals surface area contributed by atoms with Gasteiger partial charge in [-0.05, 0) is 43.6 Å². The van der Waals surface area contributed by atoms with E-state index in [1.807, 2.05) is 0 Å².